The molecule has 96 valence electrons. The Bertz CT molecular complexity index is 648. The Morgan fingerprint density at radius 3 is 2.47 bits per heavy atom. The SMILES string of the molecule is N#Cc1ccc(Br)cc1NCc1ccc(Br)c(Br)c1. The van der Waals surface area contributed by atoms with E-state index in [9.17, 15) is 0 Å². The molecule has 0 aliphatic rings. The van der Waals surface area contributed by atoms with Gasteiger partial charge in [-0.3, -0.25) is 0 Å². The molecule has 1 N–H and O–H groups in total. The predicted octanol–water partition coefficient (Wildman–Crippen LogP) is 5.46. The first-order valence-electron chi connectivity index (χ1n) is 5.47. The topological polar surface area (TPSA) is 35.8 Å². The zero-order valence-electron chi connectivity index (χ0n) is 9.75. The average Bonchev–Trinajstić information content (AvgIpc) is 2.40. The van der Waals surface area contributed by atoms with Gasteiger partial charge in [0.15, 0.2) is 0 Å². The monoisotopic (exact) mass is 442 g/mol. The van der Waals surface area contributed by atoms with Crippen LogP contribution in [0.15, 0.2) is 49.8 Å². The lowest BCUT2D eigenvalue weighted by Gasteiger charge is -2.09. The van der Waals surface area contributed by atoms with Crippen LogP contribution >= 0.6 is 47.8 Å². The molecular weight excluding hydrogens is 436 g/mol. The van der Waals surface area contributed by atoms with E-state index in [2.05, 4.69) is 59.2 Å². The van der Waals surface area contributed by atoms with Crippen molar-refractivity contribution in [1.82, 2.24) is 0 Å². The third-order valence-electron chi connectivity index (χ3n) is 2.57. The number of hydrogen-bond donors (Lipinski definition) is 1. The summed E-state index contributed by atoms with van der Waals surface area (Å²) in [5, 5.41) is 12.3. The quantitative estimate of drug-likeness (QED) is 0.682. The Balaban J connectivity index is 2.16. The normalized spacial score (nSPS) is 10.0. The minimum absolute atomic E-state index is 0.638. The highest BCUT2D eigenvalue weighted by atomic mass is 79.9. The molecule has 2 aromatic rings. The van der Waals surface area contributed by atoms with E-state index in [0.717, 1.165) is 24.7 Å². The van der Waals surface area contributed by atoms with Crippen LogP contribution < -0.4 is 5.32 Å². The number of halogens is 3. The second-order valence-corrected chi connectivity index (χ2v) is 6.53. The van der Waals surface area contributed by atoms with Gasteiger partial charge in [-0.25, -0.2) is 0 Å². The van der Waals surface area contributed by atoms with Gasteiger partial charge in [-0.15, -0.1) is 0 Å². The molecule has 0 aliphatic carbocycles. The van der Waals surface area contributed by atoms with Crippen LogP contribution in [0.5, 0.6) is 0 Å². The second kappa shape index (κ2) is 6.56. The van der Waals surface area contributed by atoms with Crippen molar-refractivity contribution in [3.8, 4) is 6.07 Å². The van der Waals surface area contributed by atoms with Crippen LogP contribution in [0, 0.1) is 11.3 Å². The maximum atomic E-state index is 9.07. The first-order valence-corrected chi connectivity index (χ1v) is 7.85. The third kappa shape index (κ3) is 3.82. The minimum atomic E-state index is 0.638. The lowest BCUT2D eigenvalue weighted by atomic mass is 10.1. The Morgan fingerprint density at radius 1 is 1.00 bits per heavy atom. The van der Waals surface area contributed by atoms with Crippen molar-refractivity contribution < 1.29 is 0 Å². The maximum absolute atomic E-state index is 9.07. The predicted molar refractivity (Wildman–Crippen MR) is 88.0 cm³/mol. The average molecular weight is 445 g/mol. The largest absolute Gasteiger partial charge is 0.380 e. The number of nitriles is 1. The molecule has 2 rings (SSSR count). The van der Waals surface area contributed by atoms with Gasteiger partial charge >= 0.3 is 0 Å². The molecule has 0 spiro atoms. The molecule has 0 aliphatic heterocycles. The zero-order chi connectivity index (χ0) is 13.8. The molecule has 0 radical (unpaired) electrons. The maximum Gasteiger partial charge on any atom is 0.101 e. The first kappa shape index (κ1) is 14.6. The number of nitrogens with one attached hydrogen (secondary N) is 1. The van der Waals surface area contributed by atoms with Crippen LogP contribution in [0.2, 0.25) is 0 Å². The summed E-state index contributed by atoms with van der Waals surface area (Å²) < 4.78 is 2.99. The van der Waals surface area contributed by atoms with Gasteiger partial charge in [0, 0.05) is 20.0 Å². The Morgan fingerprint density at radius 2 is 1.79 bits per heavy atom. The van der Waals surface area contributed by atoms with Crippen LogP contribution in [0.1, 0.15) is 11.1 Å². The summed E-state index contributed by atoms with van der Waals surface area (Å²) in [6.45, 7) is 0.664. The summed E-state index contributed by atoms with van der Waals surface area (Å²) in [4.78, 5) is 0. The van der Waals surface area contributed by atoms with Crippen LogP contribution in [0.3, 0.4) is 0 Å². The molecule has 0 atom stereocenters. The number of hydrogen-bond acceptors (Lipinski definition) is 2. The van der Waals surface area contributed by atoms with Gasteiger partial charge in [0.25, 0.3) is 0 Å². The fourth-order valence-corrected chi connectivity index (χ4v) is 2.64. The Kier molecular flexibility index (Phi) is 5.03. The van der Waals surface area contributed by atoms with Crippen molar-refractivity contribution in [2.45, 2.75) is 6.54 Å². The Labute approximate surface area is 137 Å². The molecule has 0 fully saturated rings. The van der Waals surface area contributed by atoms with E-state index in [1.54, 1.807) is 6.07 Å². The highest BCUT2D eigenvalue weighted by Crippen LogP contribution is 2.25. The summed E-state index contributed by atoms with van der Waals surface area (Å²) in [7, 11) is 0. The summed E-state index contributed by atoms with van der Waals surface area (Å²) in [6, 6.07) is 13.8. The highest BCUT2D eigenvalue weighted by Gasteiger charge is 2.03. The van der Waals surface area contributed by atoms with Gasteiger partial charge < -0.3 is 5.32 Å². The van der Waals surface area contributed by atoms with E-state index in [1.165, 1.54) is 0 Å². The van der Waals surface area contributed by atoms with Gasteiger partial charge in [0.1, 0.15) is 6.07 Å². The van der Waals surface area contributed by atoms with E-state index < -0.39 is 0 Å². The third-order valence-corrected chi connectivity index (χ3v) is 4.94. The Hall–Kier alpha value is -0.830. The standard InChI is InChI=1S/C14H9Br3N2/c15-11-3-2-10(7-18)14(6-11)19-8-9-1-4-12(16)13(17)5-9/h1-6,19H,8H2. The van der Waals surface area contributed by atoms with E-state index >= 15 is 0 Å². The number of benzene rings is 2. The van der Waals surface area contributed by atoms with Crippen LogP contribution in [0.4, 0.5) is 5.69 Å². The minimum Gasteiger partial charge on any atom is -0.380 e. The zero-order valence-corrected chi connectivity index (χ0v) is 14.5. The molecule has 0 saturated carbocycles. The van der Waals surface area contributed by atoms with Crippen LogP contribution in [-0.4, -0.2) is 0 Å². The summed E-state index contributed by atoms with van der Waals surface area (Å²) in [6.07, 6.45) is 0. The van der Waals surface area contributed by atoms with Gasteiger partial charge in [-0.05, 0) is 67.8 Å². The van der Waals surface area contributed by atoms with Crippen molar-refractivity contribution in [2.24, 2.45) is 0 Å². The van der Waals surface area contributed by atoms with Crippen LogP contribution in [0.25, 0.3) is 0 Å². The van der Waals surface area contributed by atoms with Gasteiger partial charge in [-0.1, -0.05) is 22.0 Å². The molecule has 2 aromatic carbocycles. The number of rotatable bonds is 3. The summed E-state index contributed by atoms with van der Waals surface area (Å²) in [5.74, 6) is 0. The van der Waals surface area contributed by atoms with Crippen molar-refractivity contribution in [3.05, 3.63) is 60.9 Å². The highest BCUT2D eigenvalue weighted by molar-refractivity contribution is 9.13. The van der Waals surface area contributed by atoms with Crippen molar-refractivity contribution in [2.75, 3.05) is 5.32 Å². The molecular formula is C14H9Br3N2. The number of anilines is 1. The van der Waals surface area contributed by atoms with Crippen molar-refractivity contribution in [3.63, 3.8) is 0 Å². The fraction of sp³-hybridized carbons (Fsp3) is 0.0714. The molecule has 0 unspecified atom stereocenters. The molecule has 2 nitrogen and oxygen atoms in total. The van der Waals surface area contributed by atoms with E-state index in [4.69, 9.17) is 5.26 Å². The smallest absolute Gasteiger partial charge is 0.101 e. The second-order valence-electron chi connectivity index (χ2n) is 3.90. The van der Waals surface area contributed by atoms with E-state index in [1.807, 2.05) is 30.3 Å². The van der Waals surface area contributed by atoms with E-state index in [-0.39, 0.29) is 0 Å². The lowest BCUT2D eigenvalue weighted by Crippen LogP contribution is -2.01. The molecule has 0 saturated heterocycles. The molecule has 5 heteroatoms. The fourth-order valence-electron chi connectivity index (χ4n) is 1.61. The first-order chi connectivity index (χ1) is 9.10. The van der Waals surface area contributed by atoms with Crippen molar-refractivity contribution in [1.29, 1.82) is 5.26 Å². The molecule has 19 heavy (non-hydrogen) atoms. The molecule has 0 amide bonds. The van der Waals surface area contributed by atoms with Gasteiger partial charge in [-0.2, -0.15) is 5.26 Å². The van der Waals surface area contributed by atoms with E-state index in [0.29, 0.717) is 12.1 Å². The van der Waals surface area contributed by atoms with Gasteiger partial charge in [0.2, 0.25) is 0 Å². The molecule has 0 bridgehead atoms. The molecule has 0 heterocycles. The summed E-state index contributed by atoms with van der Waals surface area (Å²) >= 11 is 10.3. The molecule has 0 aromatic heterocycles. The van der Waals surface area contributed by atoms with Crippen LogP contribution in [-0.2, 0) is 6.54 Å². The lowest BCUT2D eigenvalue weighted by molar-refractivity contribution is 1.14. The van der Waals surface area contributed by atoms with Crippen molar-refractivity contribution >= 4 is 53.5 Å². The number of nitrogens with zero attached hydrogens (tertiary/aromatic N) is 1. The summed E-state index contributed by atoms with van der Waals surface area (Å²) in [5.41, 5.74) is 2.61. The van der Waals surface area contributed by atoms with Gasteiger partial charge in [0.05, 0.1) is 11.3 Å².